The fraction of sp³-hybridized carbons (Fsp3) is 0.125. The molecule has 0 aliphatic rings. The van der Waals surface area contributed by atoms with Crippen molar-refractivity contribution in [2.75, 3.05) is 0 Å². The van der Waals surface area contributed by atoms with E-state index < -0.39 is 5.91 Å². The first kappa shape index (κ1) is 8.82. The maximum atomic E-state index is 10.3. The number of hydrogen-bond acceptors (Lipinski definition) is 3. The fourth-order valence-corrected chi connectivity index (χ4v) is 0.693. The van der Waals surface area contributed by atoms with Crippen LogP contribution in [-0.2, 0) is 4.79 Å². The highest BCUT2D eigenvalue weighted by atomic mass is 16.1. The molecule has 1 aromatic rings. The molecule has 0 fully saturated rings. The number of rotatable bonds is 1. The quantitative estimate of drug-likeness (QED) is 0.562. The standard InChI is InChI=1S/C8H6N4O/c9-4-7-6(5-11-12-7)2-1-3-8(10)13/h5H,3H2,(H2,10,13)(H,11,12). The second-order valence-corrected chi connectivity index (χ2v) is 2.22. The number of nitrogens with zero attached hydrogens (tertiary/aromatic N) is 2. The van der Waals surface area contributed by atoms with Gasteiger partial charge in [0.25, 0.3) is 0 Å². The molecule has 13 heavy (non-hydrogen) atoms. The zero-order chi connectivity index (χ0) is 9.68. The Hall–Kier alpha value is -2.27. The van der Waals surface area contributed by atoms with Crippen LogP contribution in [0.1, 0.15) is 17.7 Å². The van der Waals surface area contributed by atoms with Gasteiger partial charge in [0.1, 0.15) is 6.07 Å². The van der Waals surface area contributed by atoms with E-state index in [1.54, 1.807) is 0 Å². The Bertz CT molecular complexity index is 415. The van der Waals surface area contributed by atoms with Crippen LogP contribution in [0.2, 0.25) is 0 Å². The molecule has 5 nitrogen and oxygen atoms in total. The molecule has 0 aliphatic carbocycles. The summed E-state index contributed by atoms with van der Waals surface area (Å²) in [6.07, 6.45) is 1.41. The van der Waals surface area contributed by atoms with Gasteiger partial charge in [-0.2, -0.15) is 10.4 Å². The lowest BCUT2D eigenvalue weighted by molar-refractivity contribution is -0.117. The third-order valence-corrected chi connectivity index (χ3v) is 1.24. The zero-order valence-corrected chi connectivity index (χ0v) is 6.66. The van der Waals surface area contributed by atoms with Gasteiger partial charge in [0.2, 0.25) is 5.91 Å². The summed E-state index contributed by atoms with van der Waals surface area (Å²) in [6, 6.07) is 1.88. The van der Waals surface area contributed by atoms with Crippen LogP contribution >= 0.6 is 0 Å². The number of amides is 1. The lowest BCUT2D eigenvalue weighted by atomic mass is 10.2. The molecule has 5 heteroatoms. The van der Waals surface area contributed by atoms with Crippen LogP contribution in [0.15, 0.2) is 6.20 Å². The maximum Gasteiger partial charge on any atom is 0.229 e. The van der Waals surface area contributed by atoms with E-state index in [4.69, 9.17) is 11.0 Å². The van der Waals surface area contributed by atoms with Gasteiger partial charge in [-0.1, -0.05) is 11.8 Å². The van der Waals surface area contributed by atoms with Gasteiger partial charge in [0, 0.05) is 0 Å². The number of H-pyrrole nitrogens is 1. The molecule has 0 unspecified atom stereocenters. The Morgan fingerprint density at radius 2 is 2.54 bits per heavy atom. The lowest BCUT2D eigenvalue weighted by Crippen LogP contribution is -2.08. The molecule has 0 saturated carbocycles. The molecule has 1 amide bonds. The van der Waals surface area contributed by atoms with Crippen LogP contribution in [-0.4, -0.2) is 16.1 Å². The van der Waals surface area contributed by atoms with Gasteiger partial charge < -0.3 is 5.73 Å². The van der Waals surface area contributed by atoms with Gasteiger partial charge in [-0.05, 0) is 0 Å². The number of aromatic amines is 1. The van der Waals surface area contributed by atoms with E-state index >= 15 is 0 Å². The molecular formula is C8H6N4O. The number of carbonyl (C=O) groups is 1. The summed E-state index contributed by atoms with van der Waals surface area (Å²) < 4.78 is 0. The summed E-state index contributed by atoms with van der Waals surface area (Å²) in [4.78, 5) is 10.3. The van der Waals surface area contributed by atoms with Crippen molar-refractivity contribution in [2.24, 2.45) is 5.73 Å². The first-order valence-electron chi connectivity index (χ1n) is 3.44. The highest BCUT2D eigenvalue weighted by Gasteiger charge is 1.98. The summed E-state index contributed by atoms with van der Waals surface area (Å²) in [5.74, 6) is 4.64. The van der Waals surface area contributed by atoms with Gasteiger partial charge in [0.05, 0.1) is 18.2 Å². The summed E-state index contributed by atoms with van der Waals surface area (Å²) in [6.45, 7) is 0. The number of aromatic nitrogens is 2. The lowest BCUT2D eigenvalue weighted by Gasteiger charge is -1.81. The number of nitrogens with one attached hydrogen (secondary N) is 1. The minimum atomic E-state index is -0.491. The molecule has 1 aromatic heterocycles. The SMILES string of the molecule is N#Cc1[nH]ncc1C#CCC(N)=O. The number of carbonyl (C=O) groups excluding carboxylic acids is 1. The Labute approximate surface area is 74.5 Å². The smallest absolute Gasteiger partial charge is 0.229 e. The van der Waals surface area contributed by atoms with Gasteiger partial charge in [-0.15, -0.1) is 0 Å². The van der Waals surface area contributed by atoms with Crippen LogP contribution in [0.4, 0.5) is 0 Å². The van der Waals surface area contributed by atoms with Crippen LogP contribution in [0, 0.1) is 23.2 Å². The highest BCUT2D eigenvalue weighted by Crippen LogP contribution is 1.99. The second-order valence-electron chi connectivity index (χ2n) is 2.22. The second kappa shape index (κ2) is 3.93. The maximum absolute atomic E-state index is 10.3. The summed E-state index contributed by atoms with van der Waals surface area (Å²) in [5.41, 5.74) is 5.64. The molecule has 1 heterocycles. The molecule has 1 rings (SSSR count). The molecule has 3 N–H and O–H groups in total. The van der Waals surface area contributed by atoms with Crippen molar-refractivity contribution in [3.63, 3.8) is 0 Å². The molecule has 0 aromatic carbocycles. The summed E-state index contributed by atoms with van der Waals surface area (Å²) in [7, 11) is 0. The van der Waals surface area contributed by atoms with E-state index in [1.165, 1.54) is 6.20 Å². The van der Waals surface area contributed by atoms with Crippen molar-refractivity contribution in [1.82, 2.24) is 10.2 Å². The Morgan fingerprint density at radius 3 is 3.15 bits per heavy atom. The number of hydrogen-bond donors (Lipinski definition) is 2. The largest absolute Gasteiger partial charge is 0.369 e. The predicted molar refractivity (Wildman–Crippen MR) is 44.0 cm³/mol. The van der Waals surface area contributed by atoms with Gasteiger partial charge in [-0.3, -0.25) is 9.89 Å². The van der Waals surface area contributed by atoms with Crippen molar-refractivity contribution >= 4 is 5.91 Å². The summed E-state index contributed by atoms with van der Waals surface area (Å²) in [5, 5.41) is 14.6. The van der Waals surface area contributed by atoms with Crippen LogP contribution in [0.25, 0.3) is 0 Å². The monoisotopic (exact) mass is 174 g/mol. The van der Waals surface area contributed by atoms with Crippen LogP contribution in [0.5, 0.6) is 0 Å². The molecular weight excluding hydrogens is 168 g/mol. The highest BCUT2D eigenvalue weighted by molar-refractivity contribution is 5.76. The van der Waals surface area contributed by atoms with Crippen LogP contribution < -0.4 is 5.73 Å². The molecule has 0 radical (unpaired) electrons. The van der Waals surface area contributed by atoms with Gasteiger partial charge in [0.15, 0.2) is 5.69 Å². The summed E-state index contributed by atoms with van der Waals surface area (Å²) >= 11 is 0. The first-order chi connectivity index (χ1) is 6.24. The molecule has 0 saturated heterocycles. The zero-order valence-electron chi connectivity index (χ0n) is 6.66. The van der Waals surface area contributed by atoms with Crippen molar-refractivity contribution in [1.29, 1.82) is 5.26 Å². The number of nitrogens with two attached hydrogens (primary N) is 1. The van der Waals surface area contributed by atoms with E-state index in [0.29, 0.717) is 5.56 Å². The fourth-order valence-electron chi connectivity index (χ4n) is 0.693. The first-order valence-corrected chi connectivity index (χ1v) is 3.44. The predicted octanol–water partition coefficient (Wildman–Crippen LogP) is -0.492. The van der Waals surface area contributed by atoms with Crippen molar-refractivity contribution in [3.05, 3.63) is 17.5 Å². The molecule has 0 aliphatic heterocycles. The van der Waals surface area contributed by atoms with E-state index in [9.17, 15) is 4.79 Å². The average molecular weight is 174 g/mol. The molecule has 0 bridgehead atoms. The number of nitriles is 1. The Balaban J connectivity index is 2.78. The third-order valence-electron chi connectivity index (χ3n) is 1.24. The normalized spacial score (nSPS) is 8.23. The van der Waals surface area contributed by atoms with E-state index in [0.717, 1.165) is 0 Å². The van der Waals surface area contributed by atoms with E-state index in [-0.39, 0.29) is 12.1 Å². The van der Waals surface area contributed by atoms with Crippen molar-refractivity contribution < 1.29 is 4.79 Å². The van der Waals surface area contributed by atoms with E-state index in [1.807, 2.05) is 6.07 Å². The van der Waals surface area contributed by atoms with Gasteiger partial charge in [-0.25, -0.2) is 0 Å². The van der Waals surface area contributed by atoms with Gasteiger partial charge >= 0.3 is 0 Å². The van der Waals surface area contributed by atoms with Crippen molar-refractivity contribution in [3.8, 4) is 17.9 Å². The minimum absolute atomic E-state index is 0.0178. The van der Waals surface area contributed by atoms with Crippen molar-refractivity contribution in [2.45, 2.75) is 6.42 Å². The Kier molecular flexibility index (Phi) is 2.67. The molecule has 0 atom stereocenters. The Morgan fingerprint density at radius 1 is 1.77 bits per heavy atom. The third kappa shape index (κ3) is 2.35. The molecule has 64 valence electrons. The molecule has 0 spiro atoms. The topological polar surface area (TPSA) is 95.6 Å². The number of primary amides is 1. The van der Waals surface area contributed by atoms with Crippen LogP contribution in [0.3, 0.4) is 0 Å². The minimum Gasteiger partial charge on any atom is -0.369 e. The van der Waals surface area contributed by atoms with E-state index in [2.05, 4.69) is 22.0 Å². The average Bonchev–Trinajstić information content (AvgIpc) is 2.51.